The van der Waals surface area contributed by atoms with Crippen molar-refractivity contribution in [1.82, 2.24) is 0 Å². The minimum atomic E-state index is -0.688. The van der Waals surface area contributed by atoms with Crippen LogP contribution in [0.3, 0.4) is 0 Å². The Morgan fingerprint density at radius 1 is 1.44 bits per heavy atom. The quantitative estimate of drug-likeness (QED) is 0.419. The maximum atomic E-state index is 11.1. The summed E-state index contributed by atoms with van der Waals surface area (Å²) in [6.07, 6.45) is 3.30. The Hall–Kier alpha value is -1.27. The first-order valence-electron chi connectivity index (χ1n) is 6.61. The molecule has 1 N–H and O–H groups in total. The van der Waals surface area contributed by atoms with Crippen molar-refractivity contribution in [2.45, 2.75) is 46.1 Å². The Kier molecular flexibility index (Phi) is 8.15. The van der Waals surface area contributed by atoms with Crippen molar-refractivity contribution in [3.05, 3.63) is 12.7 Å². The highest BCUT2D eigenvalue weighted by Gasteiger charge is 2.24. The van der Waals surface area contributed by atoms with Gasteiger partial charge in [0.1, 0.15) is 6.54 Å². The zero-order chi connectivity index (χ0) is 14.0. The van der Waals surface area contributed by atoms with E-state index in [0.717, 1.165) is 26.1 Å². The van der Waals surface area contributed by atoms with Crippen LogP contribution >= 0.6 is 0 Å². The van der Waals surface area contributed by atoms with Crippen LogP contribution in [-0.4, -0.2) is 31.2 Å². The average molecular weight is 252 g/mol. The van der Waals surface area contributed by atoms with Gasteiger partial charge in [0.05, 0.1) is 13.1 Å². The van der Waals surface area contributed by atoms with Crippen molar-refractivity contribution in [2.75, 3.05) is 19.6 Å². The number of quaternary nitrogens is 1. The fourth-order valence-electron chi connectivity index (χ4n) is 1.69. The molecule has 18 heavy (non-hydrogen) atoms. The topological polar surface area (TPSA) is 30.7 Å². The van der Waals surface area contributed by atoms with E-state index in [-0.39, 0.29) is 5.97 Å². The van der Waals surface area contributed by atoms with Crippen molar-refractivity contribution in [3.63, 3.8) is 0 Å². The number of nitrogens with one attached hydrogen (secondary N) is 1. The van der Waals surface area contributed by atoms with Gasteiger partial charge >= 0.3 is 5.97 Å². The molecule has 0 aliphatic carbocycles. The van der Waals surface area contributed by atoms with Gasteiger partial charge in [0.2, 0.25) is 0 Å². The zero-order valence-electron chi connectivity index (χ0n) is 12.1. The highest BCUT2D eigenvalue weighted by Crippen LogP contribution is 2.17. The van der Waals surface area contributed by atoms with E-state index in [9.17, 15) is 4.79 Å². The third-order valence-corrected chi connectivity index (χ3v) is 2.89. The van der Waals surface area contributed by atoms with Gasteiger partial charge in [-0.1, -0.05) is 6.08 Å². The smallest absolute Gasteiger partial charge is 0.304 e. The predicted octanol–water partition coefficient (Wildman–Crippen LogP) is 1.20. The van der Waals surface area contributed by atoms with E-state index in [0.29, 0.717) is 6.42 Å². The summed E-state index contributed by atoms with van der Waals surface area (Å²) in [5.41, 5.74) is -0.688. The van der Waals surface area contributed by atoms with Gasteiger partial charge in [-0.2, -0.15) is 0 Å². The van der Waals surface area contributed by atoms with Gasteiger partial charge in [-0.15, -0.1) is 6.58 Å². The molecule has 0 bridgehead atoms. The molecule has 0 fully saturated rings. The summed E-state index contributed by atoms with van der Waals surface area (Å²) in [7, 11) is 0. The lowest BCUT2D eigenvalue weighted by atomic mass is 10.0. The molecule has 0 aromatic rings. The van der Waals surface area contributed by atoms with Crippen LogP contribution in [0, 0.1) is 11.8 Å². The van der Waals surface area contributed by atoms with Crippen LogP contribution in [0.1, 0.15) is 40.5 Å². The molecule has 0 aliphatic heterocycles. The van der Waals surface area contributed by atoms with Gasteiger partial charge in [0.15, 0.2) is 5.60 Å². The maximum Gasteiger partial charge on any atom is 0.304 e. The van der Waals surface area contributed by atoms with E-state index < -0.39 is 5.60 Å². The lowest BCUT2D eigenvalue weighted by molar-refractivity contribution is -0.889. The summed E-state index contributed by atoms with van der Waals surface area (Å²) >= 11 is 0. The second-order valence-electron chi connectivity index (χ2n) is 4.59. The van der Waals surface area contributed by atoms with Crippen LogP contribution in [0.25, 0.3) is 0 Å². The van der Waals surface area contributed by atoms with Crippen LogP contribution in [0.4, 0.5) is 0 Å². The van der Waals surface area contributed by atoms with Gasteiger partial charge in [-0.05, 0) is 39.0 Å². The van der Waals surface area contributed by atoms with Gasteiger partial charge in [0.25, 0.3) is 0 Å². The first-order valence-corrected chi connectivity index (χ1v) is 6.61. The van der Waals surface area contributed by atoms with Crippen LogP contribution in [0.2, 0.25) is 0 Å². The van der Waals surface area contributed by atoms with Crippen molar-refractivity contribution in [3.8, 4) is 11.8 Å². The fraction of sp³-hybridized carbons (Fsp3) is 0.667. The first kappa shape index (κ1) is 16.7. The standard InChI is InChI=1S/C15H25NO2/c1-6-9-11-15(5,18-14(4)17)12-10-13-16(7-2)8-3/h6H,1,7-9,11,13H2,2-5H3/p+1/t15-/m1/s1. The van der Waals surface area contributed by atoms with E-state index in [4.69, 9.17) is 4.74 Å². The number of esters is 1. The number of ether oxygens (including phenoxy) is 1. The summed E-state index contributed by atoms with van der Waals surface area (Å²) in [6, 6.07) is 0. The van der Waals surface area contributed by atoms with Gasteiger partial charge < -0.3 is 9.64 Å². The number of carbonyl (C=O) groups is 1. The molecule has 0 aromatic heterocycles. The number of hydrogen-bond acceptors (Lipinski definition) is 2. The molecule has 102 valence electrons. The molecule has 0 heterocycles. The van der Waals surface area contributed by atoms with Crippen LogP contribution in [0.5, 0.6) is 0 Å². The Morgan fingerprint density at radius 3 is 2.50 bits per heavy atom. The SMILES string of the molecule is C=CCC[C@](C)(C#CC[NH+](CC)CC)OC(C)=O. The Balaban J connectivity index is 4.61. The van der Waals surface area contributed by atoms with E-state index in [1.807, 2.05) is 13.0 Å². The fourth-order valence-corrected chi connectivity index (χ4v) is 1.69. The van der Waals surface area contributed by atoms with Crippen molar-refractivity contribution >= 4 is 5.97 Å². The minimum Gasteiger partial charge on any atom is -0.446 e. The van der Waals surface area contributed by atoms with Crippen LogP contribution < -0.4 is 4.90 Å². The molecular formula is C15H26NO2+. The minimum absolute atomic E-state index is 0.286. The normalized spacial score (nSPS) is 13.4. The monoisotopic (exact) mass is 252 g/mol. The molecule has 0 spiro atoms. The van der Waals surface area contributed by atoms with E-state index in [1.165, 1.54) is 11.8 Å². The molecule has 0 saturated heterocycles. The molecule has 0 rings (SSSR count). The highest BCUT2D eigenvalue weighted by molar-refractivity contribution is 5.67. The van der Waals surface area contributed by atoms with E-state index in [1.54, 1.807) is 0 Å². The molecule has 1 atom stereocenters. The molecular weight excluding hydrogens is 226 g/mol. The second kappa shape index (κ2) is 8.77. The molecule has 0 unspecified atom stereocenters. The molecule has 3 heteroatoms. The van der Waals surface area contributed by atoms with Crippen molar-refractivity contribution in [1.29, 1.82) is 0 Å². The number of hydrogen-bond donors (Lipinski definition) is 1. The second-order valence-corrected chi connectivity index (χ2v) is 4.59. The zero-order valence-corrected chi connectivity index (χ0v) is 12.1. The van der Waals surface area contributed by atoms with Crippen LogP contribution in [0.15, 0.2) is 12.7 Å². The Bertz CT molecular complexity index is 323. The van der Waals surface area contributed by atoms with E-state index in [2.05, 4.69) is 32.3 Å². The Labute approximate surface area is 111 Å². The predicted molar refractivity (Wildman–Crippen MR) is 74.3 cm³/mol. The summed E-state index contributed by atoms with van der Waals surface area (Å²) in [4.78, 5) is 12.5. The van der Waals surface area contributed by atoms with E-state index >= 15 is 0 Å². The van der Waals surface area contributed by atoms with Gasteiger partial charge in [-0.3, -0.25) is 4.79 Å². The molecule has 0 amide bonds. The number of allylic oxidation sites excluding steroid dienone is 1. The number of carbonyl (C=O) groups excluding carboxylic acids is 1. The molecule has 0 radical (unpaired) electrons. The summed E-state index contributed by atoms with van der Waals surface area (Å²) < 4.78 is 5.32. The largest absolute Gasteiger partial charge is 0.446 e. The third-order valence-electron chi connectivity index (χ3n) is 2.89. The Morgan fingerprint density at radius 2 is 2.06 bits per heavy atom. The number of rotatable bonds is 7. The van der Waals surface area contributed by atoms with Gasteiger partial charge in [-0.25, -0.2) is 0 Å². The highest BCUT2D eigenvalue weighted by atomic mass is 16.6. The summed E-state index contributed by atoms with van der Waals surface area (Å²) in [5.74, 6) is 5.96. The average Bonchev–Trinajstić information content (AvgIpc) is 2.31. The molecule has 3 nitrogen and oxygen atoms in total. The molecule has 0 aliphatic rings. The third kappa shape index (κ3) is 7.13. The maximum absolute atomic E-state index is 11.1. The van der Waals surface area contributed by atoms with Crippen LogP contribution in [-0.2, 0) is 9.53 Å². The summed E-state index contributed by atoms with van der Waals surface area (Å²) in [6.45, 7) is 14.2. The molecule has 0 aromatic carbocycles. The lowest BCUT2D eigenvalue weighted by Crippen LogP contribution is -3.11. The molecule has 0 saturated carbocycles. The van der Waals surface area contributed by atoms with Gasteiger partial charge in [0, 0.05) is 13.3 Å². The summed E-state index contributed by atoms with van der Waals surface area (Å²) in [5, 5.41) is 0. The lowest BCUT2D eigenvalue weighted by Gasteiger charge is -2.22. The first-order chi connectivity index (χ1) is 8.47. The van der Waals surface area contributed by atoms with Crippen molar-refractivity contribution < 1.29 is 14.4 Å². The van der Waals surface area contributed by atoms with Crippen molar-refractivity contribution in [2.24, 2.45) is 0 Å².